The molecule has 0 fully saturated rings. The summed E-state index contributed by atoms with van der Waals surface area (Å²) >= 11 is 5.97. The highest BCUT2D eigenvalue weighted by Gasteiger charge is 2.07. The summed E-state index contributed by atoms with van der Waals surface area (Å²) in [5, 5.41) is 0.374. The topological polar surface area (TPSA) is 51.8 Å². The Labute approximate surface area is 110 Å². The number of aromatic nitrogens is 2. The lowest BCUT2D eigenvalue weighted by Crippen LogP contribution is -2.04. The van der Waals surface area contributed by atoms with E-state index in [1.807, 2.05) is 6.92 Å². The van der Waals surface area contributed by atoms with Gasteiger partial charge in [0.15, 0.2) is 0 Å². The third-order valence-electron chi connectivity index (χ3n) is 2.57. The molecule has 0 spiro atoms. The van der Waals surface area contributed by atoms with E-state index in [2.05, 4.69) is 9.97 Å². The maximum absolute atomic E-state index is 12.9. The summed E-state index contributed by atoms with van der Waals surface area (Å²) in [6.07, 6.45) is 1.23. The van der Waals surface area contributed by atoms with Crippen LogP contribution in [-0.2, 0) is 12.8 Å². The summed E-state index contributed by atoms with van der Waals surface area (Å²) in [7, 11) is 0. The molecule has 0 radical (unpaired) electrons. The molecule has 18 heavy (non-hydrogen) atoms. The van der Waals surface area contributed by atoms with Crippen molar-refractivity contribution in [2.45, 2.75) is 19.8 Å². The van der Waals surface area contributed by atoms with Gasteiger partial charge in [-0.25, -0.2) is 14.4 Å². The number of nitrogens with zero attached hydrogens (tertiary/aromatic N) is 2. The summed E-state index contributed by atoms with van der Waals surface area (Å²) in [4.78, 5) is 8.52. The van der Waals surface area contributed by atoms with Gasteiger partial charge in [0, 0.05) is 23.2 Å². The van der Waals surface area contributed by atoms with Crippen molar-refractivity contribution >= 4 is 17.4 Å². The molecule has 0 bridgehead atoms. The van der Waals surface area contributed by atoms with Gasteiger partial charge in [-0.2, -0.15) is 0 Å². The van der Waals surface area contributed by atoms with Crippen molar-refractivity contribution in [3.8, 4) is 0 Å². The SMILES string of the molecule is CCc1cc(N)nc(Cc2ccc(F)cc2Cl)n1. The molecule has 1 aromatic carbocycles. The quantitative estimate of drug-likeness (QED) is 0.928. The van der Waals surface area contributed by atoms with Crippen LogP contribution in [0.15, 0.2) is 24.3 Å². The molecule has 1 heterocycles. The molecule has 2 aromatic rings. The van der Waals surface area contributed by atoms with Gasteiger partial charge in [-0.15, -0.1) is 0 Å². The normalized spacial score (nSPS) is 10.6. The average molecular weight is 266 g/mol. The molecule has 3 nitrogen and oxygen atoms in total. The number of halogens is 2. The van der Waals surface area contributed by atoms with E-state index in [0.717, 1.165) is 17.7 Å². The zero-order chi connectivity index (χ0) is 13.1. The Morgan fingerprint density at radius 3 is 2.72 bits per heavy atom. The molecule has 94 valence electrons. The molecule has 2 rings (SSSR count). The minimum atomic E-state index is -0.355. The summed E-state index contributed by atoms with van der Waals surface area (Å²) in [5.74, 6) is 0.682. The standard InChI is InChI=1S/C13H13ClFN3/c1-2-10-7-12(16)18-13(17-10)5-8-3-4-9(15)6-11(8)14/h3-4,6-7H,2,5H2,1H3,(H2,16,17,18). The van der Waals surface area contributed by atoms with Crippen LogP contribution in [0.4, 0.5) is 10.2 Å². The van der Waals surface area contributed by atoms with Crippen molar-refractivity contribution in [2.75, 3.05) is 5.73 Å². The van der Waals surface area contributed by atoms with Crippen LogP contribution >= 0.6 is 11.6 Å². The largest absolute Gasteiger partial charge is 0.384 e. The molecule has 0 aliphatic rings. The number of hydrogen-bond donors (Lipinski definition) is 1. The van der Waals surface area contributed by atoms with E-state index in [0.29, 0.717) is 23.1 Å². The van der Waals surface area contributed by atoms with Crippen LogP contribution in [0.2, 0.25) is 5.02 Å². The van der Waals surface area contributed by atoms with Gasteiger partial charge in [0.2, 0.25) is 0 Å². The smallest absolute Gasteiger partial charge is 0.135 e. The van der Waals surface area contributed by atoms with Gasteiger partial charge in [-0.3, -0.25) is 0 Å². The lowest BCUT2D eigenvalue weighted by atomic mass is 10.1. The number of aryl methyl sites for hydroxylation is 1. The summed E-state index contributed by atoms with van der Waals surface area (Å²) < 4.78 is 12.9. The Balaban J connectivity index is 2.30. The van der Waals surface area contributed by atoms with E-state index in [9.17, 15) is 4.39 Å². The fourth-order valence-electron chi connectivity index (χ4n) is 1.67. The predicted molar refractivity (Wildman–Crippen MR) is 70.0 cm³/mol. The minimum absolute atomic E-state index is 0.355. The number of nitrogens with two attached hydrogens (primary N) is 1. The number of hydrogen-bond acceptors (Lipinski definition) is 3. The molecule has 0 saturated carbocycles. The van der Waals surface area contributed by atoms with E-state index in [4.69, 9.17) is 17.3 Å². The highest BCUT2D eigenvalue weighted by molar-refractivity contribution is 6.31. The second kappa shape index (κ2) is 5.31. The average Bonchev–Trinajstić information content (AvgIpc) is 2.32. The lowest BCUT2D eigenvalue weighted by Gasteiger charge is -2.06. The van der Waals surface area contributed by atoms with E-state index < -0.39 is 0 Å². The van der Waals surface area contributed by atoms with Crippen molar-refractivity contribution in [3.63, 3.8) is 0 Å². The number of nitrogen functional groups attached to an aromatic ring is 1. The summed E-state index contributed by atoms with van der Waals surface area (Å²) in [5.41, 5.74) is 7.37. The van der Waals surface area contributed by atoms with Crippen LogP contribution in [0.3, 0.4) is 0 Å². The van der Waals surface area contributed by atoms with Gasteiger partial charge in [0.1, 0.15) is 17.5 Å². The number of anilines is 1. The van der Waals surface area contributed by atoms with Gasteiger partial charge >= 0.3 is 0 Å². The summed E-state index contributed by atoms with van der Waals surface area (Å²) in [6, 6.07) is 6.03. The first-order valence-corrected chi connectivity index (χ1v) is 6.02. The molecule has 0 aliphatic carbocycles. The van der Waals surface area contributed by atoms with Crippen LogP contribution in [0, 0.1) is 5.82 Å². The van der Waals surface area contributed by atoms with E-state index >= 15 is 0 Å². The molecule has 0 amide bonds. The zero-order valence-electron chi connectivity index (χ0n) is 9.95. The highest BCUT2D eigenvalue weighted by Crippen LogP contribution is 2.19. The van der Waals surface area contributed by atoms with Gasteiger partial charge in [0.25, 0.3) is 0 Å². The molecular weight excluding hydrogens is 253 g/mol. The molecular formula is C13H13ClFN3. The maximum Gasteiger partial charge on any atom is 0.135 e. The zero-order valence-corrected chi connectivity index (χ0v) is 10.7. The van der Waals surface area contributed by atoms with Crippen LogP contribution < -0.4 is 5.73 Å². The molecule has 0 atom stereocenters. The van der Waals surface area contributed by atoms with Gasteiger partial charge in [-0.05, 0) is 24.1 Å². The van der Waals surface area contributed by atoms with Crippen molar-refractivity contribution < 1.29 is 4.39 Å². The van der Waals surface area contributed by atoms with Crippen molar-refractivity contribution in [2.24, 2.45) is 0 Å². The highest BCUT2D eigenvalue weighted by atomic mass is 35.5. The lowest BCUT2D eigenvalue weighted by molar-refractivity contribution is 0.627. The maximum atomic E-state index is 12.9. The second-order valence-electron chi connectivity index (χ2n) is 3.97. The third-order valence-corrected chi connectivity index (χ3v) is 2.92. The number of rotatable bonds is 3. The van der Waals surface area contributed by atoms with Crippen LogP contribution in [0.25, 0.3) is 0 Å². The molecule has 5 heteroatoms. The Morgan fingerprint density at radius 2 is 2.06 bits per heavy atom. The Morgan fingerprint density at radius 1 is 1.28 bits per heavy atom. The first-order chi connectivity index (χ1) is 8.58. The Bertz CT molecular complexity index is 572. The van der Waals surface area contributed by atoms with Crippen LogP contribution in [0.5, 0.6) is 0 Å². The fraction of sp³-hybridized carbons (Fsp3) is 0.231. The van der Waals surface area contributed by atoms with Gasteiger partial charge in [-0.1, -0.05) is 24.6 Å². The molecule has 2 N–H and O–H groups in total. The Hall–Kier alpha value is -1.68. The van der Waals surface area contributed by atoms with E-state index in [1.54, 1.807) is 12.1 Å². The first-order valence-electron chi connectivity index (χ1n) is 5.64. The third kappa shape index (κ3) is 2.96. The predicted octanol–water partition coefficient (Wildman–Crippen LogP) is 3.00. The van der Waals surface area contributed by atoms with E-state index in [1.165, 1.54) is 12.1 Å². The fourth-order valence-corrected chi connectivity index (χ4v) is 1.90. The monoisotopic (exact) mass is 265 g/mol. The minimum Gasteiger partial charge on any atom is -0.384 e. The van der Waals surface area contributed by atoms with Crippen LogP contribution in [0.1, 0.15) is 24.0 Å². The molecule has 0 saturated heterocycles. The van der Waals surface area contributed by atoms with Crippen molar-refractivity contribution in [1.29, 1.82) is 0 Å². The Kier molecular flexibility index (Phi) is 3.77. The number of benzene rings is 1. The van der Waals surface area contributed by atoms with Gasteiger partial charge < -0.3 is 5.73 Å². The second-order valence-corrected chi connectivity index (χ2v) is 4.37. The molecule has 1 aromatic heterocycles. The van der Waals surface area contributed by atoms with Crippen molar-refractivity contribution in [1.82, 2.24) is 9.97 Å². The van der Waals surface area contributed by atoms with Gasteiger partial charge in [0.05, 0.1) is 0 Å². The molecule has 0 unspecified atom stereocenters. The van der Waals surface area contributed by atoms with E-state index in [-0.39, 0.29) is 5.82 Å². The van der Waals surface area contributed by atoms with Crippen LogP contribution in [-0.4, -0.2) is 9.97 Å². The van der Waals surface area contributed by atoms with Crippen molar-refractivity contribution in [3.05, 3.63) is 52.2 Å². The summed E-state index contributed by atoms with van der Waals surface area (Å²) in [6.45, 7) is 2.00. The first kappa shape index (κ1) is 12.8. The molecule has 0 aliphatic heterocycles.